The largest absolute Gasteiger partial charge is 0.491 e. The van der Waals surface area contributed by atoms with Gasteiger partial charge in [0.1, 0.15) is 24.8 Å². The standard InChI is InChI=1S/C27H35F4N3O6/c1-15-19(28)8-7-18(22(15)37-10-9-36-6)21-16(2)25(5,27(29,30)31)40-26(21,23(32)35)17-11-33-14-34(12-17)20-13-38-24(3,4)39-20/h7-8,11-12,16,20-21H,9-10,13-14H2,1-6H3,(H2,32,35)/t16?,20-,21?,25?,26?/m1/s1. The molecule has 1 aromatic carbocycles. The van der Waals surface area contributed by atoms with E-state index in [4.69, 9.17) is 29.4 Å². The number of halogens is 4. The van der Waals surface area contributed by atoms with E-state index in [2.05, 4.69) is 4.99 Å². The molecule has 3 aliphatic rings. The highest BCUT2D eigenvalue weighted by molar-refractivity contribution is 5.99. The van der Waals surface area contributed by atoms with Crippen LogP contribution in [0, 0.1) is 18.7 Å². The Morgan fingerprint density at radius 3 is 2.52 bits per heavy atom. The van der Waals surface area contributed by atoms with E-state index in [1.165, 1.54) is 39.4 Å². The predicted molar refractivity (Wildman–Crippen MR) is 136 cm³/mol. The van der Waals surface area contributed by atoms with E-state index in [0.29, 0.717) is 0 Å². The van der Waals surface area contributed by atoms with E-state index in [-0.39, 0.29) is 48.9 Å². The van der Waals surface area contributed by atoms with Crippen molar-refractivity contribution in [1.29, 1.82) is 0 Å². The van der Waals surface area contributed by atoms with Crippen molar-refractivity contribution in [3.8, 4) is 5.75 Å². The van der Waals surface area contributed by atoms with Gasteiger partial charge in [0, 0.05) is 48.1 Å². The molecule has 1 amide bonds. The van der Waals surface area contributed by atoms with Crippen LogP contribution in [0.1, 0.15) is 44.7 Å². The van der Waals surface area contributed by atoms with Crippen molar-refractivity contribution < 1.29 is 46.0 Å². The molecule has 0 saturated carbocycles. The number of methoxy groups -OCH3 is 1. The number of carbonyl (C=O) groups excluding carboxylic acids is 1. The second kappa shape index (κ2) is 10.6. The molecule has 2 fully saturated rings. The molecule has 13 heteroatoms. The van der Waals surface area contributed by atoms with Crippen molar-refractivity contribution in [1.82, 2.24) is 4.90 Å². The molecule has 0 aromatic heterocycles. The van der Waals surface area contributed by atoms with E-state index in [9.17, 15) is 22.4 Å². The number of aliphatic imine (C=N–C) groups is 1. The molecular formula is C27H35F4N3O6. The molecule has 0 bridgehead atoms. The van der Waals surface area contributed by atoms with Crippen LogP contribution < -0.4 is 10.5 Å². The topological polar surface area (TPSA) is 105 Å². The number of rotatable bonds is 8. The molecule has 2 saturated heterocycles. The molecule has 5 atom stereocenters. The molecule has 2 N–H and O–H groups in total. The number of amides is 1. The van der Waals surface area contributed by atoms with Gasteiger partial charge in [-0.2, -0.15) is 13.2 Å². The Kier molecular flexibility index (Phi) is 8.00. The zero-order valence-corrected chi connectivity index (χ0v) is 23.3. The maximum atomic E-state index is 14.7. The van der Waals surface area contributed by atoms with Crippen LogP contribution in [0.3, 0.4) is 0 Å². The van der Waals surface area contributed by atoms with Crippen molar-refractivity contribution >= 4 is 12.1 Å². The lowest BCUT2D eigenvalue weighted by Crippen LogP contribution is -2.54. The van der Waals surface area contributed by atoms with Crippen LogP contribution in [0.4, 0.5) is 17.6 Å². The smallest absolute Gasteiger partial charge is 0.417 e. The molecular weight excluding hydrogens is 538 g/mol. The highest BCUT2D eigenvalue weighted by Gasteiger charge is 2.72. The van der Waals surface area contributed by atoms with Gasteiger partial charge in [-0.3, -0.25) is 9.79 Å². The van der Waals surface area contributed by atoms with Crippen molar-refractivity contribution in [3.05, 3.63) is 40.8 Å². The van der Waals surface area contributed by atoms with Crippen molar-refractivity contribution in [2.24, 2.45) is 16.6 Å². The number of alkyl halides is 3. The summed E-state index contributed by atoms with van der Waals surface area (Å²) in [7, 11) is 1.45. The van der Waals surface area contributed by atoms with Gasteiger partial charge in [-0.25, -0.2) is 4.39 Å². The minimum absolute atomic E-state index is 0.00537. The summed E-state index contributed by atoms with van der Waals surface area (Å²) in [5.41, 5.74) is 0.982. The van der Waals surface area contributed by atoms with E-state index < -0.39 is 53.0 Å². The van der Waals surface area contributed by atoms with Gasteiger partial charge in [-0.05, 0) is 33.8 Å². The number of nitrogens with zero attached hydrogens (tertiary/aromatic N) is 2. The SMILES string of the molecule is COCCOc1c(C2C(C)C(C)(C(F)(F)F)OC2(C(N)=O)C2=CN([C@H]3COC(C)(C)O3)CN=C2)ccc(F)c1C. The monoisotopic (exact) mass is 573 g/mol. The van der Waals surface area contributed by atoms with Crippen molar-refractivity contribution in [2.45, 2.75) is 69.9 Å². The minimum atomic E-state index is -4.90. The lowest BCUT2D eigenvalue weighted by molar-refractivity contribution is -0.280. The minimum Gasteiger partial charge on any atom is -0.491 e. The average Bonchev–Trinajstić information content (AvgIpc) is 3.37. The first-order valence-electron chi connectivity index (χ1n) is 12.9. The molecule has 3 heterocycles. The molecule has 0 radical (unpaired) electrons. The Bertz CT molecular complexity index is 1210. The first kappa shape index (κ1) is 30.2. The number of ether oxygens (including phenoxy) is 5. The van der Waals surface area contributed by atoms with E-state index in [1.807, 2.05) is 0 Å². The summed E-state index contributed by atoms with van der Waals surface area (Å²) < 4.78 is 87.0. The maximum absolute atomic E-state index is 14.7. The molecule has 4 unspecified atom stereocenters. The number of nitrogens with two attached hydrogens (primary N) is 1. The van der Waals surface area contributed by atoms with Crippen LogP contribution in [0.15, 0.2) is 28.9 Å². The quantitative estimate of drug-likeness (QED) is 0.373. The Balaban J connectivity index is 1.93. The summed E-state index contributed by atoms with van der Waals surface area (Å²) in [5.74, 6) is -5.40. The predicted octanol–water partition coefficient (Wildman–Crippen LogP) is 3.79. The molecule has 0 aliphatic carbocycles. The lowest BCUT2D eigenvalue weighted by atomic mass is 9.69. The van der Waals surface area contributed by atoms with Crippen LogP contribution in [-0.2, 0) is 23.7 Å². The summed E-state index contributed by atoms with van der Waals surface area (Å²) >= 11 is 0. The normalized spacial score (nSPS) is 31.9. The molecule has 3 aliphatic heterocycles. The van der Waals surface area contributed by atoms with Gasteiger partial charge in [0.15, 0.2) is 23.2 Å². The van der Waals surface area contributed by atoms with E-state index in [1.54, 1.807) is 18.7 Å². The zero-order valence-electron chi connectivity index (χ0n) is 23.3. The first-order valence-corrected chi connectivity index (χ1v) is 12.9. The Hall–Kier alpha value is -2.74. The summed E-state index contributed by atoms with van der Waals surface area (Å²) in [4.78, 5) is 19.3. The Morgan fingerprint density at radius 2 is 1.95 bits per heavy atom. The van der Waals surface area contributed by atoms with Crippen LogP contribution in [0.25, 0.3) is 0 Å². The van der Waals surface area contributed by atoms with Gasteiger partial charge in [-0.1, -0.05) is 13.0 Å². The fraction of sp³-hybridized carbons (Fsp3) is 0.630. The Morgan fingerprint density at radius 1 is 1.25 bits per heavy atom. The summed E-state index contributed by atoms with van der Waals surface area (Å²) in [5, 5.41) is 0. The number of carbonyl (C=O) groups is 1. The highest BCUT2D eigenvalue weighted by atomic mass is 19.4. The van der Waals surface area contributed by atoms with Gasteiger partial charge in [0.05, 0.1) is 13.2 Å². The molecule has 1 aromatic rings. The summed E-state index contributed by atoms with van der Waals surface area (Å²) in [6.45, 7) is 7.49. The fourth-order valence-corrected chi connectivity index (χ4v) is 5.59. The number of benzene rings is 1. The highest BCUT2D eigenvalue weighted by Crippen LogP contribution is 2.61. The number of primary amides is 1. The van der Waals surface area contributed by atoms with Crippen LogP contribution in [-0.4, -0.2) is 80.0 Å². The second-order valence-electron chi connectivity index (χ2n) is 10.8. The Labute approximate surface area is 230 Å². The fourth-order valence-electron chi connectivity index (χ4n) is 5.59. The van der Waals surface area contributed by atoms with Crippen LogP contribution in [0.5, 0.6) is 5.75 Å². The summed E-state index contributed by atoms with van der Waals surface area (Å²) in [6, 6.07) is 2.43. The molecule has 40 heavy (non-hydrogen) atoms. The molecule has 9 nitrogen and oxygen atoms in total. The van der Waals surface area contributed by atoms with Gasteiger partial charge in [0.25, 0.3) is 5.91 Å². The molecule has 0 spiro atoms. The molecule has 222 valence electrons. The number of hydrogen-bond donors (Lipinski definition) is 1. The summed E-state index contributed by atoms with van der Waals surface area (Å²) in [6.07, 6.45) is -2.77. The van der Waals surface area contributed by atoms with Crippen molar-refractivity contribution in [2.75, 3.05) is 33.6 Å². The average molecular weight is 574 g/mol. The lowest BCUT2D eigenvalue weighted by Gasteiger charge is -2.38. The van der Waals surface area contributed by atoms with E-state index in [0.717, 1.165) is 13.0 Å². The third-order valence-electron chi connectivity index (χ3n) is 7.92. The third kappa shape index (κ3) is 4.97. The van der Waals surface area contributed by atoms with Crippen LogP contribution in [0.2, 0.25) is 0 Å². The number of hydrogen-bond acceptors (Lipinski definition) is 8. The second-order valence-corrected chi connectivity index (χ2v) is 10.8. The van der Waals surface area contributed by atoms with Gasteiger partial charge < -0.3 is 34.3 Å². The maximum Gasteiger partial charge on any atom is 0.417 e. The first-order chi connectivity index (χ1) is 18.6. The third-order valence-corrected chi connectivity index (χ3v) is 7.92. The van der Waals surface area contributed by atoms with Crippen LogP contribution >= 0.6 is 0 Å². The van der Waals surface area contributed by atoms with Gasteiger partial charge in [0.2, 0.25) is 0 Å². The zero-order chi connectivity index (χ0) is 29.7. The van der Waals surface area contributed by atoms with Gasteiger partial charge >= 0.3 is 6.18 Å². The molecule has 4 rings (SSSR count). The van der Waals surface area contributed by atoms with Gasteiger partial charge in [-0.15, -0.1) is 0 Å². The van der Waals surface area contributed by atoms with E-state index >= 15 is 0 Å². The van der Waals surface area contributed by atoms with Crippen molar-refractivity contribution in [3.63, 3.8) is 0 Å².